The predicted molar refractivity (Wildman–Crippen MR) is 108 cm³/mol. The minimum absolute atomic E-state index is 0. The minimum Gasteiger partial charge on any atom is -0.339 e. The van der Waals surface area contributed by atoms with E-state index in [0.29, 0.717) is 31.2 Å². The fourth-order valence-corrected chi connectivity index (χ4v) is 3.23. The molecule has 0 aliphatic carbocycles. The Bertz CT molecular complexity index is 575. The number of hydrogen-bond acceptors (Lipinski definition) is 4. The first-order chi connectivity index (χ1) is 12.1. The van der Waals surface area contributed by atoms with Gasteiger partial charge in [0, 0.05) is 36.9 Å². The van der Waals surface area contributed by atoms with Crippen molar-refractivity contribution in [2.45, 2.75) is 32.7 Å². The lowest BCUT2D eigenvalue weighted by molar-refractivity contribution is -0.117. The third kappa shape index (κ3) is 6.27. The van der Waals surface area contributed by atoms with E-state index in [2.05, 4.69) is 15.5 Å². The summed E-state index contributed by atoms with van der Waals surface area (Å²) in [4.78, 5) is 28.5. The van der Waals surface area contributed by atoms with E-state index in [9.17, 15) is 9.59 Å². The molecule has 0 spiro atoms. The molecule has 0 aromatic heterocycles. The quantitative estimate of drug-likeness (QED) is 0.758. The van der Waals surface area contributed by atoms with Gasteiger partial charge in [-0.15, -0.1) is 12.4 Å². The van der Waals surface area contributed by atoms with Crippen molar-refractivity contribution in [3.63, 3.8) is 0 Å². The van der Waals surface area contributed by atoms with Gasteiger partial charge in [-0.2, -0.15) is 0 Å². The van der Waals surface area contributed by atoms with Gasteiger partial charge in [0.05, 0.1) is 6.54 Å². The van der Waals surface area contributed by atoms with Gasteiger partial charge < -0.3 is 15.5 Å². The number of carbonyl (C=O) groups is 2. The summed E-state index contributed by atoms with van der Waals surface area (Å²) in [6.07, 6.45) is 2.28. The van der Waals surface area contributed by atoms with Crippen LogP contribution in [-0.4, -0.2) is 67.4 Å². The predicted octanol–water partition coefficient (Wildman–Crippen LogP) is 2.21. The summed E-state index contributed by atoms with van der Waals surface area (Å²) in [6.45, 7) is 7.58. The Morgan fingerprint density at radius 3 is 2.42 bits per heavy atom. The van der Waals surface area contributed by atoms with E-state index in [4.69, 9.17) is 0 Å². The number of nitrogens with one attached hydrogen (secondary N) is 2. The SMILES string of the molecule is CCN(CC)C(=O)c1ccc(NC(=O)CN2CCCC(NC)C2)cc1.Cl. The van der Waals surface area contributed by atoms with E-state index in [0.717, 1.165) is 31.6 Å². The molecule has 1 aliphatic rings. The second-order valence-electron chi connectivity index (χ2n) is 6.47. The van der Waals surface area contributed by atoms with Crippen molar-refractivity contribution in [1.82, 2.24) is 15.1 Å². The van der Waals surface area contributed by atoms with Crippen LogP contribution in [-0.2, 0) is 4.79 Å². The number of benzene rings is 1. The fraction of sp³-hybridized carbons (Fsp3) is 0.579. The Balaban J connectivity index is 0.00000338. The van der Waals surface area contributed by atoms with Gasteiger partial charge in [0.2, 0.25) is 5.91 Å². The first kappa shape index (κ1) is 22.4. The van der Waals surface area contributed by atoms with Crippen LogP contribution in [0.4, 0.5) is 5.69 Å². The number of likely N-dealkylation sites (N-methyl/N-ethyl adjacent to an activating group) is 1. The van der Waals surface area contributed by atoms with Crippen molar-refractivity contribution in [3.05, 3.63) is 29.8 Å². The van der Waals surface area contributed by atoms with Gasteiger partial charge in [-0.25, -0.2) is 0 Å². The van der Waals surface area contributed by atoms with Gasteiger partial charge in [0.25, 0.3) is 5.91 Å². The second kappa shape index (κ2) is 11.2. The van der Waals surface area contributed by atoms with Gasteiger partial charge in [-0.1, -0.05) is 0 Å². The first-order valence-electron chi connectivity index (χ1n) is 9.16. The van der Waals surface area contributed by atoms with E-state index in [1.807, 2.05) is 20.9 Å². The minimum atomic E-state index is -0.0143. The number of anilines is 1. The Morgan fingerprint density at radius 1 is 1.19 bits per heavy atom. The van der Waals surface area contributed by atoms with Gasteiger partial charge in [-0.3, -0.25) is 14.5 Å². The number of hydrogen-bond donors (Lipinski definition) is 2. The molecular weight excluding hydrogens is 352 g/mol. The molecule has 26 heavy (non-hydrogen) atoms. The molecule has 1 unspecified atom stereocenters. The Labute approximate surface area is 162 Å². The smallest absolute Gasteiger partial charge is 0.253 e. The monoisotopic (exact) mass is 382 g/mol. The van der Waals surface area contributed by atoms with Crippen molar-refractivity contribution < 1.29 is 9.59 Å². The molecule has 6 nitrogen and oxygen atoms in total. The van der Waals surface area contributed by atoms with Crippen LogP contribution in [0.5, 0.6) is 0 Å². The van der Waals surface area contributed by atoms with E-state index < -0.39 is 0 Å². The third-order valence-electron chi connectivity index (χ3n) is 4.75. The van der Waals surface area contributed by atoms with Crippen LogP contribution in [0.2, 0.25) is 0 Å². The normalized spacial score (nSPS) is 17.3. The van der Waals surface area contributed by atoms with Crippen LogP contribution >= 0.6 is 12.4 Å². The molecule has 0 bridgehead atoms. The van der Waals surface area contributed by atoms with Crippen LogP contribution in [0.1, 0.15) is 37.0 Å². The first-order valence-corrected chi connectivity index (χ1v) is 9.16. The van der Waals surface area contributed by atoms with Crippen LogP contribution in [0.25, 0.3) is 0 Å². The molecule has 1 fully saturated rings. The summed E-state index contributed by atoms with van der Waals surface area (Å²) in [5, 5.41) is 6.20. The summed E-state index contributed by atoms with van der Waals surface area (Å²) in [7, 11) is 1.97. The van der Waals surface area contributed by atoms with Crippen LogP contribution in [0, 0.1) is 0 Å². The highest BCUT2D eigenvalue weighted by Gasteiger charge is 2.20. The van der Waals surface area contributed by atoms with E-state index in [1.165, 1.54) is 0 Å². The van der Waals surface area contributed by atoms with Gasteiger partial charge in [-0.05, 0) is 64.5 Å². The Kier molecular flexibility index (Phi) is 9.62. The van der Waals surface area contributed by atoms with Gasteiger partial charge in [0.1, 0.15) is 0 Å². The number of rotatable bonds is 7. The van der Waals surface area contributed by atoms with Crippen LogP contribution in [0.3, 0.4) is 0 Å². The maximum Gasteiger partial charge on any atom is 0.253 e. The number of amides is 2. The van der Waals surface area contributed by atoms with Crippen molar-refractivity contribution in [2.24, 2.45) is 0 Å². The molecule has 1 heterocycles. The molecule has 1 aromatic rings. The molecule has 1 aromatic carbocycles. The molecule has 146 valence electrons. The maximum absolute atomic E-state index is 12.3. The highest BCUT2D eigenvalue weighted by molar-refractivity contribution is 5.96. The molecular formula is C19H31ClN4O2. The average Bonchev–Trinajstić information content (AvgIpc) is 2.63. The maximum atomic E-state index is 12.3. The highest BCUT2D eigenvalue weighted by Crippen LogP contribution is 2.13. The summed E-state index contributed by atoms with van der Waals surface area (Å²) in [5.74, 6) is 0.00822. The van der Waals surface area contributed by atoms with Crippen LogP contribution < -0.4 is 10.6 Å². The fourth-order valence-electron chi connectivity index (χ4n) is 3.23. The zero-order valence-electron chi connectivity index (χ0n) is 16.0. The van der Waals surface area contributed by atoms with E-state index in [-0.39, 0.29) is 24.2 Å². The molecule has 1 saturated heterocycles. The number of likely N-dealkylation sites (tertiary alicyclic amines) is 1. The average molecular weight is 383 g/mol. The van der Waals surface area contributed by atoms with Crippen molar-refractivity contribution in [1.29, 1.82) is 0 Å². The number of nitrogens with zero attached hydrogens (tertiary/aromatic N) is 2. The molecule has 2 amide bonds. The topological polar surface area (TPSA) is 64.7 Å². The molecule has 0 radical (unpaired) electrons. The summed E-state index contributed by atoms with van der Waals surface area (Å²) in [5.41, 5.74) is 1.37. The standard InChI is InChI=1S/C19H30N4O2.ClH/c1-4-23(5-2)19(25)15-8-10-16(11-9-15)21-18(24)14-22-12-6-7-17(13-22)20-3;/h8-11,17,20H,4-7,12-14H2,1-3H3,(H,21,24);1H. The van der Waals surface area contributed by atoms with E-state index in [1.54, 1.807) is 29.2 Å². The molecule has 7 heteroatoms. The lowest BCUT2D eigenvalue weighted by atomic mass is 10.1. The third-order valence-corrected chi connectivity index (χ3v) is 4.75. The second-order valence-corrected chi connectivity index (χ2v) is 6.47. The highest BCUT2D eigenvalue weighted by atomic mass is 35.5. The molecule has 1 aliphatic heterocycles. The number of halogens is 1. The molecule has 2 rings (SSSR count). The number of carbonyl (C=O) groups excluding carboxylic acids is 2. The van der Waals surface area contributed by atoms with Crippen molar-refractivity contribution >= 4 is 29.9 Å². The van der Waals surface area contributed by atoms with Gasteiger partial charge in [0.15, 0.2) is 0 Å². The molecule has 0 saturated carbocycles. The zero-order chi connectivity index (χ0) is 18.2. The van der Waals surface area contributed by atoms with E-state index >= 15 is 0 Å². The molecule has 2 N–H and O–H groups in total. The Morgan fingerprint density at radius 2 is 1.85 bits per heavy atom. The summed E-state index contributed by atoms with van der Waals surface area (Å²) < 4.78 is 0. The lowest BCUT2D eigenvalue weighted by Gasteiger charge is -2.31. The lowest BCUT2D eigenvalue weighted by Crippen LogP contribution is -2.46. The van der Waals surface area contributed by atoms with Crippen molar-refractivity contribution in [2.75, 3.05) is 45.1 Å². The van der Waals surface area contributed by atoms with Gasteiger partial charge >= 0.3 is 0 Å². The Hall–Kier alpha value is -1.63. The van der Waals surface area contributed by atoms with Crippen LogP contribution in [0.15, 0.2) is 24.3 Å². The zero-order valence-corrected chi connectivity index (χ0v) is 16.8. The van der Waals surface area contributed by atoms with Crippen molar-refractivity contribution in [3.8, 4) is 0 Å². The summed E-state index contributed by atoms with van der Waals surface area (Å²) in [6, 6.07) is 7.59. The largest absolute Gasteiger partial charge is 0.339 e. The summed E-state index contributed by atoms with van der Waals surface area (Å²) >= 11 is 0. The molecule has 1 atom stereocenters. The number of piperidine rings is 1.